The van der Waals surface area contributed by atoms with Crippen LogP contribution >= 0.6 is 0 Å². The Morgan fingerprint density at radius 2 is 1.75 bits per heavy atom. The largest absolute Gasteiger partial charge is 0.685 e. The summed E-state index contributed by atoms with van der Waals surface area (Å²) in [5, 5.41) is 3.72. The van der Waals surface area contributed by atoms with Gasteiger partial charge in [0.2, 0.25) is 0 Å². The standard InChI is InChI=1S/C7H7N/c1-8-7-5-3-2-4-6-7/h2-6H,1H2/q-1. The van der Waals surface area contributed by atoms with Crippen molar-refractivity contribution in [1.82, 2.24) is 0 Å². The number of hydrogen-bond donors (Lipinski definition) is 0. The van der Waals surface area contributed by atoms with Crippen LogP contribution in [-0.4, -0.2) is 0 Å². The van der Waals surface area contributed by atoms with E-state index >= 15 is 0 Å². The topological polar surface area (TPSA) is 14.1 Å². The lowest BCUT2D eigenvalue weighted by Crippen LogP contribution is -1.58. The van der Waals surface area contributed by atoms with E-state index in [1.807, 2.05) is 30.3 Å². The first-order valence-electron chi connectivity index (χ1n) is 2.45. The molecule has 1 aromatic rings. The summed E-state index contributed by atoms with van der Waals surface area (Å²) < 4.78 is 0. The van der Waals surface area contributed by atoms with Crippen molar-refractivity contribution < 1.29 is 0 Å². The summed E-state index contributed by atoms with van der Waals surface area (Å²) in [5.41, 5.74) is 0.924. The Morgan fingerprint density at radius 3 is 2.12 bits per heavy atom. The van der Waals surface area contributed by atoms with Crippen molar-refractivity contribution in [2.75, 3.05) is 0 Å². The van der Waals surface area contributed by atoms with Crippen LogP contribution in [-0.2, 0) is 0 Å². The minimum Gasteiger partial charge on any atom is -0.685 e. The van der Waals surface area contributed by atoms with E-state index in [0.717, 1.165) is 5.69 Å². The van der Waals surface area contributed by atoms with Crippen LogP contribution in [0.15, 0.2) is 30.3 Å². The van der Waals surface area contributed by atoms with Gasteiger partial charge in [-0.2, -0.15) is 0 Å². The molecule has 1 nitrogen and oxygen atoms in total. The van der Waals surface area contributed by atoms with Gasteiger partial charge in [0.25, 0.3) is 0 Å². The van der Waals surface area contributed by atoms with Gasteiger partial charge in [0.1, 0.15) is 0 Å². The summed E-state index contributed by atoms with van der Waals surface area (Å²) >= 11 is 0. The molecule has 1 heteroatoms. The van der Waals surface area contributed by atoms with Gasteiger partial charge in [-0.15, -0.1) is 12.7 Å². The van der Waals surface area contributed by atoms with Crippen LogP contribution in [0.2, 0.25) is 0 Å². The Bertz CT molecular complexity index is 146. The van der Waals surface area contributed by atoms with E-state index in [1.54, 1.807) is 0 Å². The van der Waals surface area contributed by atoms with E-state index < -0.39 is 0 Å². The van der Waals surface area contributed by atoms with Crippen molar-refractivity contribution in [2.24, 2.45) is 0 Å². The number of rotatable bonds is 1. The van der Waals surface area contributed by atoms with Crippen LogP contribution in [0.3, 0.4) is 0 Å². The SMILES string of the molecule is [CH2][N-]c1ccccc1. The molecule has 0 heterocycles. The second-order valence-electron chi connectivity index (χ2n) is 1.49. The molecule has 0 aliphatic rings. The molecule has 0 amide bonds. The Morgan fingerprint density at radius 1 is 1.12 bits per heavy atom. The number of nitrogens with zero attached hydrogens (tertiary/aromatic N) is 1. The number of hydrogen-bond acceptors (Lipinski definition) is 0. The van der Waals surface area contributed by atoms with Crippen LogP contribution in [0, 0.1) is 7.05 Å². The molecular weight excluding hydrogens is 98.1 g/mol. The van der Waals surface area contributed by atoms with Crippen molar-refractivity contribution >= 4 is 5.69 Å². The van der Waals surface area contributed by atoms with Crippen molar-refractivity contribution in [2.45, 2.75) is 0 Å². The van der Waals surface area contributed by atoms with Gasteiger partial charge in [-0.05, 0) is 0 Å². The van der Waals surface area contributed by atoms with Gasteiger partial charge in [0.05, 0.1) is 0 Å². The van der Waals surface area contributed by atoms with E-state index in [9.17, 15) is 0 Å². The highest BCUT2D eigenvalue weighted by Gasteiger charge is 1.68. The molecule has 1 radical (unpaired) electrons. The molecule has 0 fully saturated rings. The van der Waals surface area contributed by atoms with Gasteiger partial charge in [0.15, 0.2) is 0 Å². The van der Waals surface area contributed by atoms with Gasteiger partial charge in [0, 0.05) is 0 Å². The molecular formula is C7H7N-. The Labute approximate surface area is 49.3 Å². The fourth-order valence-corrected chi connectivity index (χ4v) is 0.533. The summed E-state index contributed by atoms with van der Waals surface area (Å²) in [6.45, 7) is 0. The van der Waals surface area contributed by atoms with Gasteiger partial charge in [-0.25, -0.2) is 0 Å². The lowest BCUT2D eigenvalue weighted by molar-refractivity contribution is 1.67. The van der Waals surface area contributed by atoms with Gasteiger partial charge in [-0.1, -0.05) is 30.3 Å². The molecule has 1 aromatic carbocycles. The van der Waals surface area contributed by atoms with Crippen molar-refractivity contribution in [3.8, 4) is 0 Å². The minimum absolute atomic E-state index is 0.924. The lowest BCUT2D eigenvalue weighted by atomic mass is 10.3. The van der Waals surface area contributed by atoms with Gasteiger partial charge < -0.3 is 5.32 Å². The Balaban J connectivity index is 2.83. The quantitative estimate of drug-likeness (QED) is 0.521. The van der Waals surface area contributed by atoms with Crippen LogP contribution in [0.1, 0.15) is 0 Å². The fourth-order valence-electron chi connectivity index (χ4n) is 0.533. The Hall–Kier alpha value is -0.980. The zero-order valence-electron chi connectivity index (χ0n) is 4.54. The maximum absolute atomic E-state index is 3.72. The first-order chi connectivity index (χ1) is 3.93. The highest BCUT2D eigenvalue weighted by molar-refractivity contribution is 5.47. The van der Waals surface area contributed by atoms with Crippen LogP contribution < -0.4 is 0 Å². The molecule has 0 saturated heterocycles. The lowest BCUT2D eigenvalue weighted by Gasteiger charge is -2.10. The maximum atomic E-state index is 3.72. The molecule has 0 atom stereocenters. The van der Waals surface area contributed by atoms with E-state index in [0.29, 0.717) is 0 Å². The fraction of sp³-hybridized carbons (Fsp3) is 0. The number of benzene rings is 1. The highest BCUT2D eigenvalue weighted by atomic mass is 14.8. The van der Waals surface area contributed by atoms with E-state index in [4.69, 9.17) is 0 Å². The highest BCUT2D eigenvalue weighted by Crippen LogP contribution is 2.13. The smallest absolute Gasteiger partial charge is 0.0624 e. The average molecular weight is 105 g/mol. The third-order valence-electron chi connectivity index (χ3n) is 0.939. The first kappa shape index (κ1) is 5.16. The molecule has 0 aliphatic carbocycles. The van der Waals surface area contributed by atoms with Crippen LogP contribution in [0.5, 0.6) is 0 Å². The zero-order chi connectivity index (χ0) is 5.82. The van der Waals surface area contributed by atoms with Gasteiger partial charge >= 0.3 is 0 Å². The monoisotopic (exact) mass is 105 g/mol. The second kappa shape index (κ2) is 2.36. The maximum Gasteiger partial charge on any atom is -0.0624 e. The van der Waals surface area contributed by atoms with Crippen molar-refractivity contribution in [3.63, 3.8) is 0 Å². The third kappa shape index (κ3) is 0.997. The summed E-state index contributed by atoms with van der Waals surface area (Å²) in [6.07, 6.45) is 0. The summed E-state index contributed by atoms with van der Waals surface area (Å²) in [5.74, 6) is 0. The first-order valence-corrected chi connectivity index (χ1v) is 2.45. The van der Waals surface area contributed by atoms with Gasteiger partial charge in [-0.3, -0.25) is 0 Å². The average Bonchev–Trinajstić information content (AvgIpc) is 1.90. The number of para-hydroxylation sites is 1. The molecule has 0 bridgehead atoms. The molecule has 41 valence electrons. The molecule has 0 aromatic heterocycles. The summed E-state index contributed by atoms with van der Waals surface area (Å²) in [4.78, 5) is 0. The predicted octanol–water partition coefficient (Wildman–Crippen LogP) is 2.48. The van der Waals surface area contributed by atoms with E-state index in [-0.39, 0.29) is 0 Å². The van der Waals surface area contributed by atoms with Crippen molar-refractivity contribution in [3.05, 3.63) is 42.7 Å². The third-order valence-corrected chi connectivity index (χ3v) is 0.939. The summed E-state index contributed by atoms with van der Waals surface area (Å²) in [7, 11) is 3.38. The molecule has 0 spiro atoms. The normalized spacial score (nSPS) is 8.62. The molecule has 0 aliphatic heterocycles. The zero-order valence-corrected chi connectivity index (χ0v) is 4.54. The minimum atomic E-state index is 0.924. The van der Waals surface area contributed by atoms with Crippen molar-refractivity contribution in [1.29, 1.82) is 0 Å². The molecule has 1 rings (SSSR count). The summed E-state index contributed by atoms with van der Waals surface area (Å²) in [6, 6.07) is 9.64. The van der Waals surface area contributed by atoms with E-state index in [1.165, 1.54) is 0 Å². The second-order valence-corrected chi connectivity index (χ2v) is 1.49. The van der Waals surface area contributed by atoms with Crippen LogP contribution in [0.4, 0.5) is 5.69 Å². The molecule has 0 saturated carbocycles. The molecule has 8 heavy (non-hydrogen) atoms. The van der Waals surface area contributed by atoms with Crippen LogP contribution in [0.25, 0.3) is 5.32 Å². The predicted molar refractivity (Wildman–Crippen MR) is 34.8 cm³/mol. The Kier molecular flexibility index (Phi) is 1.52. The molecule has 0 unspecified atom stereocenters. The van der Waals surface area contributed by atoms with E-state index in [2.05, 4.69) is 12.4 Å². The molecule has 0 N–H and O–H groups in total.